The summed E-state index contributed by atoms with van der Waals surface area (Å²) in [7, 11) is 0. The molecule has 0 unspecified atom stereocenters. The van der Waals surface area contributed by atoms with Gasteiger partial charge in [-0.2, -0.15) is 0 Å². The number of hydrogen-bond donors (Lipinski definition) is 0. The number of carbonyl (C=O) groups excluding carboxylic acids is 1. The van der Waals surface area contributed by atoms with Crippen molar-refractivity contribution in [2.24, 2.45) is 0 Å². The van der Waals surface area contributed by atoms with Crippen LogP contribution < -0.4 is 0 Å². The summed E-state index contributed by atoms with van der Waals surface area (Å²) in [5.41, 5.74) is 0. The van der Waals surface area contributed by atoms with E-state index in [0.29, 0.717) is 6.61 Å². The SMILES string of the molecule is CCCCCC.CCCCCC.CCCCCC.CCCCCC.CCCCCC.CCCCCC.CCCCCC.CCCCCC.CCCCCC.CCCCCC.CCCCCC.CCCCCC.CCCCCC.CCCCCC.CCCCCC.CCCCCC.CCCCCC.CCOC(C)=O. The van der Waals surface area contributed by atoms with Gasteiger partial charge < -0.3 is 4.74 Å². The third kappa shape index (κ3) is 403. The van der Waals surface area contributed by atoms with Gasteiger partial charge in [0.25, 0.3) is 0 Å². The van der Waals surface area contributed by atoms with Gasteiger partial charge in [0.2, 0.25) is 0 Å². The summed E-state index contributed by atoms with van der Waals surface area (Å²) in [6, 6.07) is 0. The Kier molecular flexibility index (Phi) is 318. The normalized spacial score (nSPS) is 8.93. The third-order valence-electron chi connectivity index (χ3n) is 16.6. The number of rotatable bonds is 52. The number of hydrogen-bond acceptors (Lipinski definition) is 2. The Morgan fingerprint density at radius 3 is 0.176 bits per heavy atom. The highest BCUT2D eigenvalue weighted by Crippen LogP contribution is 2.04. The molecule has 0 saturated carbocycles. The van der Waals surface area contributed by atoms with Gasteiger partial charge in [-0.05, 0) is 6.92 Å². The van der Waals surface area contributed by atoms with Crippen molar-refractivity contribution in [3.8, 4) is 0 Å². The molecule has 0 bridgehead atoms. The second-order valence-corrected chi connectivity index (χ2v) is 29.9. The van der Waals surface area contributed by atoms with Crippen molar-refractivity contribution >= 4 is 5.97 Å². The smallest absolute Gasteiger partial charge is 0.302 e. The molecule has 0 amide bonds. The molecule has 0 aromatic heterocycles. The molecule has 0 aromatic rings. The first kappa shape index (κ1) is 152. The van der Waals surface area contributed by atoms with E-state index in [4.69, 9.17) is 0 Å². The van der Waals surface area contributed by atoms with Gasteiger partial charge in [0.05, 0.1) is 6.61 Å². The minimum atomic E-state index is -0.211. The van der Waals surface area contributed by atoms with Gasteiger partial charge >= 0.3 is 5.97 Å². The number of unbranched alkanes of at least 4 members (excludes halogenated alkanes) is 51. The molecule has 0 aromatic carbocycles. The van der Waals surface area contributed by atoms with E-state index < -0.39 is 0 Å². The second kappa shape index (κ2) is 226. The molecular weight excluding hydrogens is 1310 g/mol. The lowest BCUT2D eigenvalue weighted by molar-refractivity contribution is -0.140. The average molecular weight is 1550 g/mol. The van der Waals surface area contributed by atoms with Gasteiger partial charge in [-0.15, -0.1) is 0 Å². The third-order valence-corrected chi connectivity index (χ3v) is 16.6. The number of ether oxygens (including phenoxy) is 1. The van der Waals surface area contributed by atoms with Crippen LogP contribution in [0.2, 0.25) is 0 Å². The van der Waals surface area contributed by atoms with Crippen molar-refractivity contribution < 1.29 is 9.53 Å². The van der Waals surface area contributed by atoms with Crippen LogP contribution in [0.3, 0.4) is 0 Å². The molecule has 0 fully saturated rings. The molecule has 0 aliphatic rings. The average Bonchev–Trinajstić information content (AvgIpc) is 3.91. The van der Waals surface area contributed by atoms with E-state index >= 15 is 0 Å². The van der Waals surface area contributed by atoms with Gasteiger partial charge in [-0.3, -0.25) is 4.79 Å². The second-order valence-electron chi connectivity index (χ2n) is 29.9. The van der Waals surface area contributed by atoms with Crippen molar-refractivity contribution in [1.29, 1.82) is 0 Å². The molecule has 0 aliphatic carbocycles. The number of esters is 1. The maximum atomic E-state index is 9.82. The van der Waals surface area contributed by atoms with Crippen molar-refractivity contribution in [2.75, 3.05) is 6.61 Å². The summed E-state index contributed by atoms with van der Waals surface area (Å²) >= 11 is 0. The van der Waals surface area contributed by atoms with Crippen LogP contribution in [0.25, 0.3) is 0 Å². The zero-order valence-electron chi connectivity index (χ0n) is 86.1. The Balaban J connectivity index is -0.0000000496. The Morgan fingerprint density at radius 2 is 0.167 bits per heavy atom. The quantitative estimate of drug-likeness (QED) is 0.0448. The zero-order valence-corrected chi connectivity index (χ0v) is 86.1. The molecule has 0 N–H and O–H groups in total. The predicted octanol–water partition coefficient (Wildman–Crippen LogP) is 44.5. The highest BCUT2D eigenvalue weighted by Gasteiger charge is 1.85. The van der Waals surface area contributed by atoms with Crippen LogP contribution in [0.1, 0.15) is 686 Å². The maximum absolute atomic E-state index is 9.82. The van der Waals surface area contributed by atoms with Crippen LogP contribution in [0.5, 0.6) is 0 Å². The summed E-state index contributed by atoms with van der Waals surface area (Å²) in [6.45, 7) is 79.5. The largest absolute Gasteiger partial charge is 0.466 e. The summed E-state index contributed by atoms with van der Waals surface area (Å²) in [5.74, 6) is -0.211. The van der Waals surface area contributed by atoms with Crippen LogP contribution >= 0.6 is 0 Å². The van der Waals surface area contributed by atoms with Crippen LogP contribution in [0.4, 0.5) is 0 Å². The van der Waals surface area contributed by atoms with Gasteiger partial charge in [-0.25, -0.2) is 0 Å². The fourth-order valence-corrected chi connectivity index (χ4v) is 8.70. The van der Waals surface area contributed by atoms with E-state index in [1.807, 2.05) is 0 Å². The lowest BCUT2D eigenvalue weighted by atomic mass is 10.2. The Morgan fingerprint density at radius 1 is 0.120 bits per heavy atom. The Hall–Kier alpha value is -0.530. The monoisotopic (exact) mass is 1550 g/mol. The fourth-order valence-electron chi connectivity index (χ4n) is 8.70. The molecule has 0 rings (SSSR count). The van der Waals surface area contributed by atoms with E-state index in [2.05, 4.69) is 240 Å². The summed E-state index contributed by atoms with van der Waals surface area (Å²) < 4.78 is 4.40. The van der Waals surface area contributed by atoms with Crippen LogP contribution in [0, 0.1) is 0 Å². The standard InChI is InChI=1S/17C6H14.C4H8O2/c17*1-3-5-6-4-2;1-3-6-4(2)5/h17*3-6H2,1-2H3;3H2,1-2H3. The summed E-state index contributed by atoms with van der Waals surface area (Å²) in [4.78, 5) is 9.82. The summed E-state index contributed by atoms with van der Waals surface area (Å²) in [6.07, 6.45) is 94.1. The molecule has 682 valence electrons. The topological polar surface area (TPSA) is 26.3 Å². The van der Waals surface area contributed by atoms with Crippen molar-refractivity contribution in [3.05, 3.63) is 0 Å². The minimum Gasteiger partial charge on any atom is -0.466 e. The van der Waals surface area contributed by atoms with Gasteiger partial charge in [0.1, 0.15) is 0 Å². The highest BCUT2D eigenvalue weighted by molar-refractivity contribution is 5.65. The van der Waals surface area contributed by atoms with E-state index in [0.717, 1.165) is 0 Å². The molecule has 0 aliphatic heterocycles. The predicted molar refractivity (Wildman–Crippen MR) is 529 cm³/mol. The molecule has 2 heteroatoms. The van der Waals surface area contributed by atoms with E-state index in [9.17, 15) is 4.79 Å². The molecule has 0 spiro atoms. The molecule has 0 radical (unpaired) electrons. The van der Waals surface area contributed by atoms with Crippen molar-refractivity contribution in [2.45, 2.75) is 686 Å². The first-order valence-electron chi connectivity index (χ1n) is 51.4. The van der Waals surface area contributed by atoms with E-state index in [1.54, 1.807) is 6.92 Å². The van der Waals surface area contributed by atoms with Gasteiger partial charge in [-0.1, -0.05) is 672 Å². The highest BCUT2D eigenvalue weighted by atomic mass is 16.5. The van der Waals surface area contributed by atoms with E-state index in [1.165, 1.54) is 444 Å². The zero-order chi connectivity index (χ0) is 87.1. The maximum Gasteiger partial charge on any atom is 0.302 e. The lowest BCUT2D eigenvalue weighted by Crippen LogP contribution is -1.95. The van der Waals surface area contributed by atoms with Crippen molar-refractivity contribution in [1.82, 2.24) is 0 Å². The Bertz CT molecular complexity index is 614. The molecule has 108 heavy (non-hydrogen) atoms. The minimum absolute atomic E-state index is 0.211. The molecule has 0 atom stereocenters. The molecule has 0 saturated heterocycles. The van der Waals surface area contributed by atoms with Crippen LogP contribution in [-0.4, -0.2) is 12.6 Å². The molecular formula is C106H246O2. The van der Waals surface area contributed by atoms with E-state index in [-0.39, 0.29) is 5.97 Å². The van der Waals surface area contributed by atoms with Crippen LogP contribution in [0.15, 0.2) is 0 Å². The first-order chi connectivity index (χ1) is 52.3. The van der Waals surface area contributed by atoms with Crippen LogP contribution in [-0.2, 0) is 9.53 Å². The summed E-state index contributed by atoms with van der Waals surface area (Å²) in [5, 5.41) is 0. The molecule has 2 nitrogen and oxygen atoms in total. The van der Waals surface area contributed by atoms with Gasteiger partial charge in [0.15, 0.2) is 0 Å². The Labute approximate surface area is 703 Å². The van der Waals surface area contributed by atoms with Gasteiger partial charge in [0, 0.05) is 6.92 Å². The first-order valence-corrected chi connectivity index (χ1v) is 51.4. The molecule has 0 heterocycles. The fraction of sp³-hybridized carbons (Fsp3) is 0.991. The lowest BCUT2D eigenvalue weighted by Gasteiger charge is -1.89. The van der Waals surface area contributed by atoms with Crippen molar-refractivity contribution in [3.63, 3.8) is 0 Å². The number of carbonyl (C=O) groups is 1.